The van der Waals surface area contributed by atoms with Gasteiger partial charge in [-0.2, -0.15) is 0 Å². The quantitative estimate of drug-likeness (QED) is 0.532. The van der Waals surface area contributed by atoms with Gasteiger partial charge in [0.05, 0.1) is 37.9 Å². The van der Waals surface area contributed by atoms with Crippen LogP contribution in [0.2, 0.25) is 0 Å². The number of morpholine rings is 2. The molecule has 0 aromatic rings. The molecule has 0 bridgehead atoms. The molecule has 0 spiro atoms. The molecule has 0 radical (unpaired) electrons. The van der Waals surface area contributed by atoms with E-state index >= 15 is 0 Å². The fourth-order valence-electron chi connectivity index (χ4n) is 5.24. The maximum Gasteiger partial charge on any atom is 0.152 e. The van der Waals surface area contributed by atoms with Crippen LogP contribution in [0.1, 0.15) is 51.4 Å². The monoisotopic (exact) mass is 428 g/mol. The third-order valence-electron chi connectivity index (χ3n) is 7.74. The number of ether oxygens (including phenoxy) is 2. The highest BCUT2D eigenvalue weighted by Crippen LogP contribution is 2.33. The zero-order chi connectivity index (χ0) is 20.1. The van der Waals surface area contributed by atoms with Gasteiger partial charge in [0.1, 0.15) is 0 Å². The van der Waals surface area contributed by atoms with Gasteiger partial charge < -0.3 is 9.47 Å². The van der Waals surface area contributed by atoms with Crippen LogP contribution in [0.5, 0.6) is 0 Å². The van der Waals surface area contributed by atoms with E-state index in [0.717, 1.165) is 51.4 Å². The zero-order valence-corrected chi connectivity index (χ0v) is 18.8. The normalized spacial score (nSPS) is 30.8. The van der Waals surface area contributed by atoms with E-state index in [1.165, 1.54) is 51.4 Å². The van der Waals surface area contributed by atoms with Crippen molar-refractivity contribution in [2.24, 2.45) is 11.8 Å². The van der Waals surface area contributed by atoms with Gasteiger partial charge in [-0.3, -0.25) is 9.80 Å². The third kappa shape index (κ3) is 6.39. The van der Waals surface area contributed by atoms with Crippen molar-refractivity contribution in [2.75, 3.05) is 64.1 Å². The highest BCUT2D eigenvalue weighted by Gasteiger charge is 2.31. The average Bonchev–Trinajstić information content (AvgIpc) is 2.66. The van der Waals surface area contributed by atoms with Crippen LogP contribution in [-0.2, 0) is 19.3 Å². The Bertz CT molecular complexity index is 560. The Labute approximate surface area is 177 Å². The minimum absolute atomic E-state index is 0.284. The van der Waals surface area contributed by atoms with Gasteiger partial charge in [-0.25, -0.2) is 8.42 Å². The van der Waals surface area contributed by atoms with Crippen LogP contribution in [0.4, 0.5) is 0 Å². The number of sulfone groups is 1. The summed E-state index contributed by atoms with van der Waals surface area (Å²) in [5, 5.41) is 0. The van der Waals surface area contributed by atoms with E-state index in [0.29, 0.717) is 25.2 Å². The Balaban J connectivity index is 1.22. The molecule has 7 heteroatoms. The SMILES string of the molecule is O=S(=O)(CCN1CCOCC1CC1CCC1)CCN1CCOCC1CC1CCC1. The first kappa shape index (κ1) is 22.0. The van der Waals surface area contributed by atoms with Crippen LogP contribution in [0.15, 0.2) is 0 Å². The summed E-state index contributed by atoms with van der Waals surface area (Å²) in [6, 6.07) is 0.825. The lowest BCUT2D eigenvalue weighted by Gasteiger charge is -2.40. The standard InChI is InChI=1S/C22H40N2O4S/c25-29(26,13-9-23-7-11-27-17-21(23)15-19-3-1-4-19)14-10-24-8-12-28-18-22(24)16-20-5-2-6-20/h19-22H,1-18H2. The van der Waals surface area contributed by atoms with Crippen molar-refractivity contribution in [3.05, 3.63) is 0 Å². The molecule has 0 aromatic heterocycles. The van der Waals surface area contributed by atoms with Crippen LogP contribution in [0, 0.1) is 11.8 Å². The molecule has 2 aliphatic carbocycles. The first-order valence-electron chi connectivity index (χ1n) is 11.9. The number of hydrogen-bond donors (Lipinski definition) is 0. The zero-order valence-electron chi connectivity index (χ0n) is 18.0. The molecule has 6 nitrogen and oxygen atoms in total. The lowest BCUT2D eigenvalue weighted by molar-refractivity contribution is -0.0182. The van der Waals surface area contributed by atoms with Crippen LogP contribution >= 0.6 is 0 Å². The summed E-state index contributed by atoms with van der Waals surface area (Å²) in [4.78, 5) is 4.76. The first-order chi connectivity index (χ1) is 14.1. The molecule has 0 aromatic carbocycles. The lowest BCUT2D eigenvalue weighted by atomic mass is 9.80. The van der Waals surface area contributed by atoms with Gasteiger partial charge >= 0.3 is 0 Å². The molecule has 0 N–H and O–H groups in total. The fraction of sp³-hybridized carbons (Fsp3) is 1.00. The summed E-state index contributed by atoms with van der Waals surface area (Å²) in [6.45, 7) is 6.09. The molecule has 168 valence electrons. The van der Waals surface area contributed by atoms with Gasteiger partial charge in [0.25, 0.3) is 0 Å². The Morgan fingerprint density at radius 3 is 1.55 bits per heavy atom. The largest absolute Gasteiger partial charge is 0.378 e. The molecule has 2 heterocycles. The smallest absolute Gasteiger partial charge is 0.152 e. The Morgan fingerprint density at radius 2 is 1.17 bits per heavy atom. The van der Waals surface area contributed by atoms with Crippen LogP contribution in [0.25, 0.3) is 0 Å². The van der Waals surface area contributed by atoms with Crippen molar-refractivity contribution in [3.8, 4) is 0 Å². The van der Waals surface area contributed by atoms with Crippen LogP contribution in [0.3, 0.4) is 0 Å². The Kier molecular flexibility index (Phi) is 7.89. The van der Waals surface area contributed by atoms with Crippen molar-refractivity contribution in [3.63, 3.8) is 0 Å². The Morgan fingerprint density at radius 1 is 0.724 bits per heavy atom. The summed E-state index contributed by atoms with van der Waals surface area (Å²) in [5.41, 5.74) is 0. The number of hydrogen-bond acceptors (Lipinski definition) is 6. The van der Waals surface area contributed by atoms with E-state index in [1.54, 1.807) is 0 Å². The summed E-state index contributed by atoms with van der Waals surface area (Å²) in [7, 11) is -3.03. The molecule has 4 aliphatic rings. The third-order valence-corrected chi connectivity index (χ3v) is 9.35. The molecule has 2 unspecified atom stereocenters. The van der Waals surface area contributed by atoms with E-state index in [1.807, 2.05) is 0 Å². The van der Waals surface area contributed by atoms with E-state index in [2.05, 4.69) is 9.80 Å². The maximum absolute atomic E-state index is 12.8. The lowest BCUT2D eigenvalue weighted by Crippen LogP contribution is -2.50. The number of rotatable bonds is 10. The van der Waals surface area contributed by atoms with Gasteiger partial charge in [0, 0.05) is 38.3 Å². The predicted octanol–water partition coefficient (Wildman–Crippen LogP) is 2.18. The molecule has 2 atom stereocenters. The molecule has 2 aliphatic heterocycles. The van der Waals surface area contributed by atoms with E-state index in [9.17, 15) is 8.42 Å². The van der Waals surface area contributed by atoms with Crippen LogP contribution in [-0.4, -0.2) is 94.4 Å². The summed E-state index contributed by atoms with van der Waals surface area (Å²) >= 11 is 0. The van der Waals surface area contributed by atoms with E-state index < -0.39 is 9.84 Å². The van der Waals surface area contributed by atoms with Gasteiger partial charge in [-0.15, -0.1) is 0 Å². The van der Waals surface area contributed by atoms with Crippen molar-refractivity contribution in [1.82, 2.24) is 9.80 Å². The molecular formula is C22H40N2O4S. The molecule has 29 heavy (non-hydrogen) atoms. The first-order valence-corrected chi connectivity index (χ1v) is 13.8. The minimum Gasteiger partial charge on any atom is -0.378 e. The maximum atomic E-state index is 12.8. The highest BCUT2D eigenvalue weighted by atomic mass is 32.2. The summed E-state index contributed by atoms with van der Waals surface area (Å²) < 4.78 is 37.0. The van der Waals surface area contributed by atoms with Crippen molar-refractivity contribution < 1.29 is 17.9 Å². The topological polar surface area (TPSA) is 59.1 Å². The van der Waals surface area contributed by atoms with Crippen molar-refractivity contribution >= 4 is 9.84 Å². The summed E-state index contributed by atoms with van der Waals surface area (Å²) in [6.07, 6.45) is 10.4. The Hall–Kier alpha value is -0.210. The molecule has 0 amide bonds. The molecular weight excluding hydrogens is 388 g/mol. The van der Waals surface area contributed by atoms with Gasteiger partial charge in [-0.1, -0.05) is 38.5 Å². The highest BCUT2D eigenvalue weighted by molar-refractivity contribution is 7.91. The van der Waals surface area contributed by atoms with E-state index in [4.69, 9.17) is 9.47 Å². The average molecular weight is 429 g/mol. The molecule has 2 saturated carbocycles. The van der Waals surface area contributed by atoms with Crippen LogP contribution < -0.4 is 0 Å². The van der Waals surface area contributed by atoms with Crippen molar-refractivity contribution in [1.29, 1.82) is 0 Å². The van der Waals surface area contributed by atoms with Gasteiger partial charge in [-0.05, 0) is 24.7 Å². The molecule has 4 rings (SSSR count). The molecule has 4 fully saturated rings. The van der Waals surface area contributed by atoms with Crippen molar-refractivity contribution in [2.45, 2.75) is 63.5 Å². The predicted molar refractivity (Wildman–Crippen MR) is 115 cm³/mol. The summed E-state index contributed by atoms with van der Waals surface area (Å²) in [5.74, 6) is 2.22. The second-order valence-electron chi connectivity index (χ2n) is 9.75. The number of nitrogens with zero attached hydrogens (tertiary/aromatic N) is 2. The minimum atomic E-state index is -3.03. The fourth-order valence-corrected chi connectivity index (χ4v) is 6.47. The van der Waals surface area contributed by atoms with Gasteiger partial charge in [0.15, 0.2) is 9.84 Å². The van der Waals surface area contributed by atoms with Gasteiger partial charge in [0.2, 0.25) is 0 Å². The second kappa shape index (κ2) is 10.4. The van der Waals surface area contributed by atoms with E-state index in [-0.39, 0.29) is 11.5 Å². The second-order valence-corrected chi connectivity index (χ2v) is 12.1. The molecule has 2 saturated heterocycles.